The molecule has 0 aliphatic heterocycles. The van der Waals surface area contributed by atoms with Gasteiger partial charge in [0.1, 0.15) is 0 Å². The molecule has 1 heterocycles. The van der Waals surface area contributed by atoms with Crippen LogP contribution in [0, 0.1) is 11.8 Å². The summed E-state index contributed by atoms with van der Waals surface area (Å²) in [6, 6.07) is 8.52. The zero-order chi connectivity index (χ0) is 13.2. The van der Waals surface area contributed by atoms with Gasteiger partial charge in [0.25, 0.3) is 0 Å². The molecule has 1 saturated carbocycles. The lowest BCUT2D eigenvalue weighted by Gasteiger charge is -2.31. The lowest BCUT2D eigenvalue weighted by atomic mass is 9.79. The normalized spacial score (nSPS) is 25.6. The van der Waals surface area contributed by atoms with E-state index in [9.17, 15) is 0 Å². The predicted molar refractivity (Wildman–Crippen MR) is 78.8 cm³/mol. The van der Waals surface area contributed by atoms with Gasteiger partial charge in [-0.1, -0.05) is 31.9 Å². The molecule has 0 spiro atoms. The quantitative estimate of drug-likeness (QED) is 0.917. The Morgan fingerprint density at radius 3 is 3.05 bits per heavy atom. The molecule has 19 heavy (non-hydrogen) atoms. The third-order valence-electron chi connectivity index (χ3n) is 4.52. The van der Waals surface area contributed by atoms with Crippen LogP contribution in [-0.2, 0) is 6.54 Å². The van der Waals surface area contributed by atoms with Crippen LogP contribution in [-0.4, -0.2) is 15.6 Å². The molecule has 1 aromatic heterocycles. The van der Waals surface area contributed by atoms with E-state index in [0.717, 1.165) is 18.0 Å². The number of imidazole rings is 1. The second-order valence-corrected chi connectivity index (χ2v) is 6.08. The minimum Gasteiger partial charge on any atom is -0.329 e. The van der Waals surface area contributed by atoms with Crippen molar-refractivity contribution in [1.82, 2.24) is 9.55 Å². The second-order valence-electron chi connectivity index (χ2n) is 6.08. The highest BCUT2D eigenvalue weighted by Gasteiger charge is 2.24. The summed E-state index contributed by atoms with van der Waals surface area (Å²) in [6.07, 6.45) is 7.21. The number of benzene rings is 1. The average molecular weight is 257 g/mol. The number of rotatable bonds is 3. The maximum atomic E-state index is 6.44. The molecule has 1 aromatic carbocycles. The Morgan fingerprint density at radius 1 is 1.37 bits per heavy atom. The summed E-state index contributed by atoms with van der Waals surface area (Å²) in [5, 5.41) is 0. The number of nitrogens with zero attached hydrogens (tertiary/aromatic N) is 2. The third kappa shape index (κ3) is 2.66. The topological polar surface area (TPSA) is 43.8 Å². The van der Waals surface area contributed by atoms with Gasteiger partial charge in [0.15, 0.2) is 0 Å². The van der Waals surface area contributed by atoms with Crippen LogP contribution in [0.4, 0.5) is 0 Å². The number of para-hydroxylation sites is 2. The monoisotopic (exact) mass is 257 g/mol. The molecule has 0 saturated heterocycles. The first-order chi connectivity index (χ1) is 9.24. The summed E-state index contributed by atoms with van der Waals surface area (Å²) in [5.74, 6) is 1.51. The van der Waals surface area contributed by atoms with Crippen molar-refractivity contribution >= 4 is 11.0 Å². The van der Waals surface area contributed by atoms with Crippen molar-refractivity contribution < 1.29 is 0 Å². The molecule has 0 bridgehead atoms. The van der Waals surface area contributed by atoms with E-state index in [2.05, 4.69) is 34.7 Å². The Labute approximate surface area is 114 Å². The van der Waals surface area contributed by atoms with E-state index in [4.69, 9.17) is 5.73 Å². The van der Waals surface area contributed by atoms with Crippen LogP contribution in [0.3, 0.4) is 0 Å². The van der Waals surface area contributed by atoms with Crippen molar-refractivity contribution in [1.29, 1.82) is 0 Å². The fourth-order valence-electron chi connectivity index (χ4n) is 3.40. The molecular formula is C16H23N3. The molecule has 2 aromatic rings. The average Bonchev–Trinajstić information content (AvgIpc) is 2.82. The van der Waals surface area contributed by atoms with Gasteiger partial charge in [0, 0.05) is 12.6 Å². The van der Waals surface area contributed by atoms with Gasteiger partial charge in [-0.15, -0.1) is 0 Å². The summed E-state index contributed by atoms with van der Waals surface area (Å²) in [5.41, 5.74) is 8.70. The molecule has 3 heteroatoms. The van der Waals surface area contributed by atoms with E-state index in [-0.39, 0.29) is 6.04 Å². The standard InChI is InChI=1S/C16H23N3/c1-12-5-4-6-13(9-12)14(17)10-19-11-18-15-7-2-3-8-16(15)19/h2-3,7-8,11-14H,4-6,9-10,17H2,1H3. The van der Waals surface area contributed by atoms with Crippen LogP contribution in [0.5, 0.6) is 0 Å². The SMILES string of the molecule is CC1CCCC(C(N)Cn2cnc3ccccc32)C1. The molecule has 0 radical (unpaired) electrons. The molecule has 2 N–H and O–H groups in total. The van der Waals surface area contributed by atoms with Crippen molar-refractivity contribution in [3.63, 3.8) is 0 Å². The summed E-state index contributed by atoms with van der Waals surface area (Å²) in [7, 11) is 0. The Bertz CT molecular complexity index is 546. The first-order valence-corrected chi connectivity index (χ1v) is 7.39. The van der Waals surface area contributed by atoms with Crippen LogP contribution in [0.1, 0.15) is 32.6 Å². The fraction of sp³-hybridized carbons (Fsp3) is 0.562. The van der Waals surface area contributed by atoms with Gasteiger partial charge in [-0.05, 0) is 36.8 Å². The summed E-state index contributed by atoms with van der Waals surface area (Å²) in [6.45, 7) is 3.24. The smallest absolute Gasteiger partial charge is 0.0958 e. The van der Waals surface area contributed by atoms with Crippen LogP contribution >= 0.6 is 0 Å². The molecule has 1 fully saturated rings. The van der Waals surface area contributed by atoms with Crippen LogP contribution in [0.15, 0.2) is 30.6 Å². The maximum Gasteiger partial charge on any atom is 0.0958 e. The van der Waals surface area contributed by atoms with Gasteiger partial charge in [0.2, 0.25) is 0 Å². The minimum atomic E-state index is 0.250. The number of nitrogens with two attached hydrogens (primary N) is 1. The van der Waals surface area contributed by atoms with Gasteiger partial charge in [-0.25, -0.2) is 4.98 Å². The predicted octanol–water partition coefficient (Wildman–Crippen LogP) is 3.19. The fourth-order valence-corrected chi connectivity index (χ4v) is 3.40. The van der Waals surface area contributed by atoms with Crippen molar-refractivity contribution in [2.45, 2.75) is 45.2 Å². The van der Waals surface area contributed by atoms with Gasteiger partial charge >= 0.3 is 0 Å². The van der Waals surface area contributed by atoms with Crippen LogP contribution in [0.25, 0.3) is 11.0 Å². The van der Waals surface area contributed by atoms with Crippen molar-refractivity contribution in [3.05, 3.63) is 30.6 Å². The van der Waals surface area contributed by atoms with Crippen molar-refractivity contribution in [2.75, 3.05) is 0 Å². The van der Waals surface area contributed by atoms with E-state index in [0.29, 0.717) is 5.92 Å². The Morgan fingerprint density at radius 2 is 2.21 bits per heavy atom. The zero-order valence-electron chi connectivity index (χ0n) is 11.6. The number of hydrogen-bond donors (Lipinski definition) is 1. The van der Waals surface area contributed by atoms with E-state index in [1.807, 2.05) is 12.4 Å². The van der Waals surface area contributed by atoms with Crippen molar-refractivity contribution in [3.8, 4) is 0 Å². The molecule has 3 nitrogen and oxygen atoms in total. The highest BCUT2D eigenvalue weighted by molar-refractivity contribution is 5.74. The van der Waals surface area contributed by atoms with Crippen LogP contribution in [0.2, 0.25) is 0 Å². The highest BCUT2D eigenvalue weighted by atomic mass is 15.1. The molecule has 1 aliphatic rings. The van der Waals surface area contributed by atoms with E-state index >= 15 is 0 Å². The van der Waals surface area contributed by atoms with E-state index in [1.54, 1.807) is 0 Å². The third-order valence-corrected chi connectivity index (χ3v) is 4.52. The molecule has 102 valence electrons. The summed E-state index contributed by atoms with van der Waals surface area (Å²) >= 11 is 0. The Hall–Kier alpha value is -1.35. The minimum absolute atomic E-state index is 0.250. The molecular weight excluding hydrogens is 234 g/mol. The zero-order valence-corrected chi connectivity index (χ0v) is 11.6. The van der Waals surface area contributed by atoms with Gasteiger partial charge in [0.05, 0.1) is 17.4 Å². The molecule has 3 unspecified atom stereocenters. The molecule has 0 amide bonds. The van der Waals surface area contributed by atoms with Gasteiger partial charge in [-0.3, -0.25) is 0 Å². The lowest BCUT2D eigenvalue weighted by molar-refractivity contribution is 0.235. The largest absolute Gasteiger partial charge is 0.329 e. The van der Waals surface area contributed by atoms with E-state index < -0.39 is 0 Å². The maximum absolute atomic E-state index is 6.44. The van der Waals surface area contributed by atoms with E-state index in [1.165, 1.54) is 31.2 Å². The van der Waals surface area contributed by atoms with Crippen molar-refractivity contribution in [2.24, 2.45) is 17.6 Å². The molecule has 3 atom stereocenters. The second kappa shape index (κ2) is 5.33. The molecule has 3 rings (SSSR count). The highest BCUT2D eigenvalue weighted by Crippen LogP contribution is 2.30. The van der Waals surface area contributed by atoms with Crippen LogP contribution < -0.4 is 5.73 Å². The number of aromatic nitrogens is 2. The summed E-state index contributed by atoms with van der Waals surface area (Å²) in [4.78, 5) is 4.44. The summed E-state index contributed by atoms with van der Waals surface area (Å²) < 4.78 is 2.21. The Kier molecular flexibility index (Phi) is 3.56. The lowest BCUT2D eigenvalue weighted by Crippen LogP contribution is -2.36. The number of hydrogen-bond acceptors (Lipinski definition) is 2. The van der Waals surface area contributed by atoms with Gasteiger partial charge < -0.3 is 10.3 Å². The first-order valence-electron chi connectivity index (χ1n) is 7.39. The Balaban J connectivity index is 1.73. The first kappa shape index (κ1) is 12.7. The van der Waals surface area contributed by atoms with Gasteiger partial charge in [-0.2, -0.15) is 0 Å². The molecule has 1 aliphatic carbocycles. The number of fused-ring (bicyclic) bond motifs is 1.